The van der Waals surface area contributed by atoms with Gasteiger partial charge in [0, 0.05) is 36.7 Å². The van der Waals surface area contributed by atoms with Gasteiger partial charge in [-0.2, -0.15) is 0 Å². The lowest BCUT2D eigenvalue weighted by atomic mass is 9.72. The largest absolute Gasteiger partial charge is 0.459 e. The highest BCUT2D eigenvalue weighted by molar-refractivity contribution is 6.02. The fourth-order valence-electron chi connectivity index (χ4n) is 5.11. The number of aliphatic imine (C=N–C) groups is 1. The van der Waals surface area contributed by atoms with Crippen LogP contribution in [-0.2, 0) is 10.3 Å². The number of hydrogen-bond donors (Lipinski definition) is 2. The fraction of sp³-hybridized carbons (Fsp3) is 0.480. The minimum Gasteiger partial charge on any atom is -0.459 e. The van der Waals surface area contributed by atoms with Gasteiger partial charge in [-0.25, -0.2) is 18.2 Å². The van der Waals surface area contributed by atoms with Crippen molar-refractivity contribution in [2.45, 2.75) is 74.8 Å². The summed E-state index contributed by atoms with van der Waals surface area (Å²) in [6.45, 7) is 1.71. The number of carbonyl (C=O) groups excluding carboxylic acids is 1. The number of ether oxygens (including phenoxy) is 1. The summed E-state index contributed by atoms with van der Waals surface area (Å²) in [5.41, 5.74) is 5.85. The molecule has 1 atom stereocenters. The average molecular weight is 473 g/mol. The second-order valence-corrected chi connectivity index (χ2v) is 9.94. The van der Waals surface area contributed by atoms with Crippen LogP contribution < -0.4 is 11.1 Å². The van der Waals surface area contributed by atoms with E-state index in [0.717, 1.165) is 18.4 Å². The van der Waals surface area contributed by atoms with E-state index in [1.165, 1.54) is 18.2 Å². The quantitative estimate of drug-likeness (QED) is 0.636. The number of halogens is 3. The van der Waals surface area contributed by atoms with Crippen LogP contribution in [0.4, 0.5) is 18.9 Å². The zero-order chi connectivity index (χ0) is 24.1. The molecule has 3 N–H and O–H groups in total. The molecule has 5 rings (SSSR count). The zero-order valence-electron chi connectivity index (χ0n) is 18.9. The second-order valence-electron chi connectivity index (χ2n) is 9.94. The molecule has 9 heteroatoms. The molecule has 2 fully saturated rings. The molecule has 2 aliphatic carbocycles. The van der Waals surface area contributed by atoms with E-state index in [1.807, 2.05) is 6.07 Å². The summed E-state index contributed by atoms with van der Waals surface area (Å²) < 4.78 is 48.3. The Kier molecular flexibility index (Phi) is 5.33. The molecule has 6 nitrogen and oxygen atoms in total. The van der Waals surface area contributed by atoms with Gasteiger partial charge in [0.1, 0.15) is 17.1 Å². The van der Waals surface area contributed by atoms with Crippen LogP contribution in [0.5, 0.6) is 0 Å². The lowest BCUT2D eigenvalue weighted by Crippen LogP contribution is -2.51. The van der Waals surface area contributed by atoms with Gasteiger partial charge in [0.05, 0.1) is 5.54 Å². The first kappa shape index (κ1) is 22.7. The Morgan fingerprint density at radius 1 is 1.15 bits per heavy atom. The summed E-state index contributed by atoms with van der Waals surface area (Å²) in [6, 6.07) is 7.67. The summed E-state index contributed by atoms with van der Waals surface area (Å²) >= 11 is 0. The molecule has 1 amide bonds. The van der Waals surface area contributed by atoms with Crippen molar-refractivity contribution in [3.05, 3.63) is 59.2 Å². The standard InChI is InChI=1S/C25H27F3N4O2/c1-23(14-24(34-22(29)32-23)8-10-25(27,28)11-9-24)18-12-17(5-6-19(18)26)31-21(33)20-7-4-16(13-30-20)15-2-3-15/h4-7,12-13,15H,2-3,8-11,14H2,1H3,(H2,29,32)(H,31,33). The van der Waals surface area contributed by atoms with Crippen molar-refractivity contribution in [2.75, 3.05) is 5.32 Å². The van der Waals surface area contributed by atoms with Crippen molar-refractivity contribution in [1.82, 2.24) is 4.98 Å². The third-order valence-corrected chi connectivity index (χ3v) is 7.11. The molecular formula is C25H27F3N4O2. The smallest absolute Gasteiger partial charge is 0.283 e. The van der Waals surface area contributed by atoms with Gasteiger partial charge in [0.25, 0.3) is 11.9 Å². The second kappa shape index (κ2) is 7.99. The molecule has 1 unspecified atom stereocenters. The normalized spacial score (nSPS) is 25.4. The number of rotatable bonds is 4. The van der Waals surface area contributed by atoms with Crippen LogP contribution in [0.2, 0.25) is 0 Å². The summed E-state index contributed by atoms with van der Waals surface area (Å²) in [6.07, 6.45) is 3.78. The molecule has 3 aliphatic rings. The summed E-state index contributed by atoms with van der Waals surface area (Å²) in [5.74, 6) is -3.14. The monoisotopic (exact) mass is 472 g/mol. The lowest BCUT2D eigenvalue weighted by Gasteiger charge is -2.47. The average Bonchev–Trinajstić information content (AvgIpc) is 3.62. The van der Waals surface area contributed by atoms with E-state index in [-0.39, 0.29) is 49.4 Å². The van der Waals surface area contributed by atoms with Crippen LogP contribution in [0, 0.1) is 5.82 Å². The van der Waals surface area contributed by atoms with Crippen molar-refractivity contribution < 1.29 is 22.7 Å². The van der Waals surface area contributed by atoms with Crippen LogP contribution in [0.25, 0.3) is 0 Å². The summed E-state index contributed by atoms with van der Waals surface area (Å²) in [4.78, 5) is 21.3. The number of carbonyl (C=O) groups is 1. The Morgan fingerprint density at radius 2 is 1.88 bits per heavy atom. The maximum absolute atomic E-state index is 15.0. The molecule has 2 aromatic rings. The molecule has 1 aromatic heterocycles. The van der Waals surface area contributed by atoms with E-state index >= 15 is 0 Å². The van der Waals surface area contributed by atoms with Crippen LogP contribution in [0.3, 0.4) is 0 Å². The maximum atomic E-state index is 15.0. The molecule has 0 bridgehead atoms. The van der Waals surface area contributed by atoms with E-state index in [1.54, 1.807) is 19.2 Å². The summed E-state index contributed by atoms with van der Waals surface area (Å²) in [7, 11) is 0. The minimum absolute atomic E-state index is 0.104. The lowest BCUT2D eigenvalue weighted by molar-refractivity contribution is -0.112. The van der Waals surface area contributed by atoms with E-state index in [2.05, 4.69) is 15.3 Å². The van der Waals surface area contributed by atoms with Crippen molar-refractivity contribution in [1.29, 1.82) is 0 Å². The van der Waals surface area contributed by atoms with Gasteiger partial charge in [0.2, 0.25) is 5.92 Å². The predicted molar refractivity (Wildman–Crippen MR) is 121 cm³/mol. The Balaban J connectivity index is 1.38. The molecule has 180 valence electrons. The first-order chi connectivity index (χ1) is 16.1. The number of benzene rings is 1. The first-order valence-electron chi connectivity index (χ1n) is 11.6. The van der Waals surface area contributed by atoms with Gasteiger partial charge in [-0.3, -0.25) is 9.78 Å². The number of alkyl halides is 2. The number of pyridine rings is 1. The van der Waals surface area contributed by atoms with Gasteiger partial charge in [-0.05, 0) is 68.4 Å². The van der Waals surface area contributed by atoms with Crippen LogP contribution in [0.15, 0.2) is 41.5 Å². The molecule has 34 heavy (non-hydrogen) atoms. The molecule has 1 aliphatic heterocycles. The number of anilines is 1. The molecule has 0 saturated heterocycles. The van der Waals surface area contributed by atoms with Crippen molar-refractivity contribution in [3.63, 3.8) is 0 Å². The number of hydrogen-bond acceptors (Lipinski definition) is 5. The van der Waals surface area contributed by atoms with Gasteiger partial charge in [-0.15, -0.1) is 0 Å². The predicted octanol–water partition coefficient (Wildman–Crippen LogP) is 5.25. The Hall–Kier alpha value is -3.10. The third kappa shape index (κ3) is 4.48. The Bertz CT molecular complexity index is 1140. The van der Waals surface area contributed by atoms with Crippen LogP contribution >= 0.6 is 0 Å². The number of aromatic nitrogens is 1. The molecule has 0 radical (unpaired) electrons. The highest BCUT2D eigenvalue weighted by Gasteiger charge is 2.51. The molecule has 1 spiro atoms. The highest BCUT2D eigenvalue weighted by atomic mass is 19.3. The molecular weight excluding hydrogens is 445 g/mol. The summed E-state index contributed by atoms with van der Waals surface area (Å²) in [5, 5.41) is 2.76. The van der Waals surface area contributed by atoms with Crippen molar-refractivity contribution >= 4 is 17.6 Å². The number of nitrogens with two attached hydrogens (primary N) is 1. The Labute approximate surface area is 195 Å². The Morgan fingerprint density at radius 3 is 2.53 bits per heavy atom. The number of amides is 1. The zero-order valence-corrected chi connectivity index (χ0v) is 18.9. The molecule has 2 saturated carbocycles. The van der Waals surface area contributed by atoms with E-state index < -0.39 is 28.8 Å². The molecule has 2 heterocycles. The van der Waals surface area contributed by atoms with E-state index in [4.69, 9.17) is 10.5 Å². The van der Waals surface area contributed by atoms with E-state index in [0.29, 0.717) is 11.6 Å². The number of nitrogens with one attached hydrogen (secondary N) is 1. The van der Waals surface area contributed by atoms with E-state index in [9.17, 15) is 18.0 Å². The minimum atomic E-state index is -2.74. The third-order valence-electron chi connectivity index (χ3n) is 7.11. The van der Waals surface area contributed by atoms with Gasteiger partial charge in [-0.1, -0.05) is 6.07 Å². The van der Waals surface area contributed by atoms with Crippen LogP contribution in [0.1, 0.15) is 79.4 Å². The highest BCUT2D eigenvalue weighted by Crippen LogP contribution is 2.49. The SMILES string of the molecule is CC1(c2cc(NC(=O)c3ccc(C4CC4)cn3)ccc2F)CC2(CCC(F)(F)CC2)OC(N)=N1. The van der Waals surface area contributed by atoms with Gasteiger partial charge < -0.3 is 15.8 Å². The van der Waals surface area contributed by atoms with Crippen LogP contribution in [-0.4, -0.2) is 28.4 Å². The van der Waals surface area contributed by atoms with Gasteiger partial charge >= 0.3 is 0 Å². The maximum Gasteiger partial charge on any atom is 0.283 e. The number of amidine groups is 1. The number of nitrogens with zero attached hydrogens (tertiary/aromatic N) is 2. The topological polar surface area (TPSA) is 89.6 Å². The van der Waals surface area contributed by atoms with Crippen molar-refractivity contribution in [2.24, 2.45) is 10.7 Å². The molecule has 1 aromatic carbocycles. The van der Waals surface area contributed by atoms with Gasteiger partial charge in [0.15, 0.2) is 0 Å². The van der Waals surface area contributed by atoms with Crippen molar-refractivity contribution in [3.8, 4) is 0 Å². The first-order valence-corrected chi connectivity index (χ1v) is 11.6. The fourth-order valence-corrected chi connectivity index (χ4v) is 5.11.